The van der Waals surface area contributed by atoms with Gasteiger partial charge >= 0.3 is 5.97 Å². The molecule has 1 fully saturated rings. The van der Waals surface area contributed by atoms with Gasteiger partial charge in [0.25, 0.3) is 5.91 Å². The highest BCUT2D eigenvalue weighted by atomic mass is 32.2. The van der Waals surface area contributed by atoms with E-state index < -0.39 is 12.1 Å². The van der Waals surface area contributed by atoms with Gasteiger partial charge in [-0.15, -0.1) is 0 Å². The molecule has 0 radical (unpaired) electrons. The highest BCUT2D eigenvalue weighted by Crippen LogP contribution is 2.37. The normalized spacial score (nSPS) is 16.3. The number of anilines is 1. The van der Waals surface area contributed by atoms with Gasteiger partial charge in [0, 0.05) is 5.56 Å². The number of aryl methyl sites for hydroxylation is 1. The Hall–Kier alpha value is -2.64. The maximum absolute atomic E-state index is 13.0. The standard InChI is InChI=1S/C22H21NO4S2/c1-3-14-9-11-16(12-10-14)23-20(24)19(29-22(23)28)13-15-7-5-6-8-18(15)27-17(4-2)21(25)26/h5-13,17H,3-4H2,1-2H3,(H,25,26)/b19-13+. The zero-order chi connectivity index (χ0) is 21.0. The van der Waals surface area contributed by atoms with Crippen molar-refractivity contribution in [3.8, 4) is 5.75 Å². The third kappa shape index (κ3) is 4.68. The highest BCUT2D eigenvalue weighted by molar-refractivity contribution is 8.27. The van der Waals surface area contributed by atoms with Crippen molar-refractivity contribution in [2.75, 3.05) is 4.90 Å². The molecule has 0 aliphatic carbocycles. The van der Waals surface area contributed by atoms with E-state index in [0.717, 1.165) is 12.1 Å². The summed E-state index contributed by atoms with van der Waals surface area (Å²) >= 11 is 6.65. The summed E-state index contributed by atoms with van der Waals surface area (Å²) in [5.41, 5.74) is 2.55. The Morgan fingerprint density at radius 3 is 2.52 bits per heavy atom. The number of thiocarbonyl (C=S) groups is 1. The number of ether oxygens (including phenoxy) is 1. The average Bonchev–Trinajstić information content (AvgIpc) is 3.00. The van der Waals surface area contributed by atoms with E-state index in [2.05, 4.69) is 6.92 Å². The number of carbonyl (C=O) groups is 2. The Morgan fingerprint density at radius 2 is 1.90 bits per heavy atom. The summed E-state index contributed by atoms with van der Waals surface area (Å²) in [5.74, 6) is -0.812. The van der Waals surface area contributed by atoms with Gasteiger partial charge in [-0.25, -0.2) is 4.79 Å². The number of thioether (sulfide) groups is 1. The minimum atomic E-state index is -1.02. The summed E-state index contributed by atoms with van der Waals surface area (Å²) < 4.78 is 6.11. The van der Waals surface area contributed by atoms with Crippen molar-refractivity contribution in [3.63, 3.8) is 0 Å². The number of benzene rings is 2. The van der Waals surface area contributed by atoms with Crippen LogP contribution in [0.4, 0.5) is 5.69 Å². The Bertz CT molecular complexity index is 969. The summed E-state index contributed by atoms with van der Waals surface area (Å²) in [5, 5.41) is 9.26. The summed E-state index contributed by atoms with van der Waals surface area (Å²) in [6.45, 7) is 3.82. The van der Waals surface area contributed by atoms with E-state index in [1.165, 1.54) is 22.2 Å². The zero-order valence-corrected chi connectivity index (χ0v) is 17.8. The van der Waals surface area contributed by atoms with Crippen molar-refractivity contribution in [3.05, 3.63) is 64.6 Å². The zero-order valence-electron chi connectivity index (χ0n) is 16.1. The predicted octanol–water partition coefficient (Wildman–Crippen LogP) is 4.90. The maximum atomic E-state index is 13.0. The third-order valence-corrected chi connectivity index (χ3v) is 5.82. The molecule has 1 unspecified atom stereocenters. The molecule has 2 aromatic rings. The molecule has 29 heavy (non-hydrogen) atoms. The van der Waals surface area contributed by atoms with Crippen LogP contribution in [0.3, 0.4) is 0 Å². The number of hydrogen-bond acceptors (Lipinski definition) is 5. The second kappa shape index (κ2) is 9.24. The van der Waals surface area contributed by atoms with Crippen LogP contribution >= 0.6 is 24.0 Å². The Kier molecular flexibility index (Phi) is 6.71. The molecule has 1 amide bonds. The van der Waals surface area contributed by atoms with Crippen LogP contribution in [0.15, 0.2) is 53.4 Å². The number of amides is 1. The average molecular weight is 428 g/mol. The molecule has 0 bridgehead atoms. The number of carboxylic acids is 1. The molecule has 0 saturated carbocycles. The summed E-state index contributed by atoms with van der Waals surface area (Å²) in [6.07, 6.45) is 2.00. The number of carboxylic acid groups (broad SMARTS) is 1. The number of para-hydroxylation sites is 1. The molecule has 1 N–H and O–H groups in total. The first-order valence-corrected chi connectivity index (χ1v) is 10.5. The van der Waals surface area contributed by atoms with Crippen molar-refractivity contribution < 1.29 is 19.4 Å². The number of rotatable bonds is 7. The molecule has 1 saturated heterocycles. The van der Waals surface area contributed by atoms with Gasteiger partial charge in [-0.2, -0.15) is 0 Å². The number of nitrogens with zero attached hydrogens (tertiary/aromatic N) is 1. The minimum absolute atomic E-state index is 0.204. The molecule has 7 heteroatoms. The fourth-order valence-electron chi connectivity index (χ4n) is 2.88. The molecular formula is C22H21NO4S2. The van der Waals surface area contributed by atoms with Crippen LogP contribution in [0.2, 0.25) is 0 Å². The lowest BCUT2D eigenvalue weighted by molar-refractivity contribution is -0.145. The van der Waals surface area contributed by atoms with Crippen molar-refractivity contribution >= 4 is 51.9 Å². The lowest BCUT2D eigenvalue weighted by Gasteiger charge is -2.15. The Morgan fingerprint density at radius 1 is 1.21 bits per heavy atom. The van der Waals surface area contributed by atoms with Gasteiger partial charge in [0.05, 0.1) is 10.6 Å². The first-order chi connectivity index (χ1) is 13.9. The second-order valence-electron chi connectivity index (χ2n) is 6.43. The van der Waals surface area contributed by atoms with Gasteiger partial charge in [0.15, 0.2) is 10.4 Å². The molecule has 150 valence electrons. The lowest BCUT2D eigenvalue weighted by Crippen LogP contribution is -2.27. The molecule has 1 heterocycles. The van der Waals surface area contributed by atoms with E-state index in [1.54, 1.807) is 31.2 Å². The third-order valence-electron chi connectivity index (χ3n) is 4.52. The van der Waals surface area contributed by atoms with E-state index in [-0.39, 0.29) is 5.91 Å². The smallest absolute Gasteiger partial charge is 0.344 e. The second-order valence-corrected chi connectivity index (χ2v) is 8.10. The van der Waals surface area contributed by atoms with Gasteiger partial charge < -0.3 is 9.84 Å². The van der Waals surface area contributed by atoms with Crippen LogP contribution in [-0.4, -0.2) is 27.4 Å². The number of hydrogen-bond donors (Lipinski definition) is 1. The SMILES string of the molecule is CCc1ccc(N2C(=O)/C(=C\c3ccccc3OC(CC)C(=O)O)SC2=S)cc1. The van der Waals surface area contributed by atoms with Crippen molar-refractivity contribution in [2.24, 2.45) is 0 Å². The molecule has 0 aromatic heterocycles. The quantitative estimate of drug-likeness (QED) is 0.501. The van der Waals surface area contributed by atoms with Gasteiger partial charge in [-0.05, 0) is 42.7 Å². The first kappa shape index (κ1) is 21.1. The van der Waals surface area contributed by atoms with Gasteiger partial charge in [0.2, 0.25) is 0 Å². The number of carbonyl (C=O) groups excluding carboxylic acids is 1. The first-order valence-electron chi connectivity index (χ1n) is 9.30. The van der Waals surface area contributed by atoms with E-state index in [4.69, 9.17) is 17.0 Å². The summed E-state index contributed by atoms with van der Waals surface area (Å²) in [6, 6.07) is 14.8. The van der Waals surface area contributed by atoms with Crippen LogP contribution in [0.5, 0.6) is 5.75 Å². The van der Waals surface area contributed by atoms with Crippen molar-refractivity contribution in [1.82, 2.24) is 0 Å². The van der Waals surface area contributed by atoms with E-state index in [0.29, 0.717) is 27.0 Å². The Balaban J connectivity index is 1.89. The summed E-state index contributed by atoms with van der Waals surface area (Å²) in [7, 11) is 0. The fourth-order valence-corrected chi connectivity index (χ4v) is 4.17. The largest absolute Gasteiger partial charge is 0.479 e. The monoisotopic (exact) mass is 427 g/mol. The summed E-state index contributed by atoms with van der Waals surface area (Å²) in [4.78, 5) is 26.3. The fraction of sp³-hybridized carbons (Fsp3) is 0.227. The maximum Gasteiger partial charge on any atom is 0.344 e. The molecular weight excluding hydrogens is 406 g/mol. The van der Waals surface area contributed by atoms with E-state index >= 15 is 0 Å². The van der Waals surface area contributed by atoms with Crippen LogP contribution in [0.1, 0.15) is 31.4 Å². The highest BCUT2D eigenvalue weighted by Gasteiger charge is 2.33. The Labute approximate surface area is 179 Å². The topological polar surface area (TPSA) is 66.8 Å². The van der Waals surface area contributed by atoms with Gasteiger partial charge in [-0.3, -0.25) is 9.69 Å². The number of aliphatic carboxylic acids is 1. The lowest BCUT2D eigenvalue weighted by atomic mass is 10.1. The van der Waals surface area contributed by atoms with Gasteiger partial charge in [0.1, 0.15) is 5.75 Å². The predicted molar refractivity (Wildman–Crippen MR) is 120 cm³/mol. The molecule has 3 rings (SSSR count). The molecule has 1 aliphatic heterocycles. The minimum Gasteiger partial charge on any atom is -0.479 e. The van der Waals surface area contributed by atoms with Crippen LogP contribution in [0.25, 0.3) is 6.08 Å². The molecule has 2 aromatic carbocycles. The molecule has 0 spiro atoms. The van der Waals surface area contributed by atoms with Crippen LogP contribution in [-0.2, 0) is 16.0 Å². The van der Waals surface area contributed by atoms with Crippen molar-refractivity contribution in [1.29, 1.82) is 0 Å². The van der Waals surface area contributed by atoms with Crippen LogP contribution < -0.4 is 9.64 Å². The van der Waals surface area contributed by atoms with E-state index in [9.17, 15) is 14.7 Å². The van der Waals surface area contributed by atoms with E-state index in [1.807, 2.05) is 30.3 Å². The van der Waals surface area contributed by atoms with Gasteiger partial charge in [-0.1, -0.05) is 68.2 Å². The molecule has 5 nitrogen and oxygen atoms in total. The molecule has 1 aliphatic rings. The van der Waals surface area contributed by atoms with Crippen molar-refractivity contribution in [2.45, 2.75) is 32.8 Å². The van der Waals surface area contributed by atoms with Crippen LogP contribution in [0, 0.1) is 0 Å². The molecule has 1 atom stereocenters.